The number of nitriles is 1. The minimum Gasteiger partial charge on any atom is -0.340 e. The fourth-order valence-corrected chi connectivity index (χ4v) is 1.74. The summed E-state index contributed by atoms with van der Waals surface area (Å²) in [6, 6.07) is 6.75. The number of benzene rings is 1. The average Bonchev–Trinajstić information content (AvgIpc) is 2.35. The Morgan fingerprint density at radius 3 is 2.72 bits per heavy atom. The predicted octanol–water partition coefficient (Wildman–Crippen LogP) is 2.64. The lowest BCUT2D eigenvalue weighted by molar-refractivity contribution is -0.133. The molecule has 0 aromatic heterocycles. The fraction of sp³-hybridized carbons (Fsp3) is 0.429. The molecule has 96 valence electrons. The Kier molecular flexibility index (Phi) is 4.85. The number of halogens is 1. The number of nitrogens with zero attached hydrogens (tertiary/aromatic N) is 2. The molecular weight excluding hydrogens is 231 g/mol. The van der Waals surface area contributed by atoms with Gasteiger partial charge in [0.25, 0.3) is 0 Å². The summed E-state index contributed by atoms with van der Waals surface area (Å²) in [5.41, 5.74) is 1.42. The normalized spacial score (nSPS) is 11.7. The van der Waals surface area contributed by atoms with Crippen molar-refractivity contribution in [1.82, 2.24) is 4.90 Å². The third kappa shape index (κ3) is 3.30. The lowest BCUT2D eigenvalue weighted by Crippen LogP contribution is -2.31. The Labute approximate surface area is 107 Å². The molecule has 1 aromatic carbocycles. The van der Waals surface area contributed by atoms with Gasteiger partial charge in [0.2, 0.25) is 5.91 Å². The van der Waals surface area contributed by atoms with Crippen LogP contribution in [0, 0.1) is 30.0 Å². The molecule has 3 nitrogen and oxygen atoms in total. The molecule has 4 heteroatoms. The van der Waals surface area contributed by atoms with E-state index < -0.39 is 5.92 Å². The topological polar surface area (TPSA) is 44.1 Å². The van der Waals surface area contributed by atoms with Crippen molar-refractivity contribution in [3.05, 3.63) is 35.1 Å². The monoisotopic (exact) mass is 248 g/mol. The molecule has 0 N–H and O–H groups in total. The minimum atomic E-state index is -0.600. The van der Waals surface area contributed by atoms with Gasteiger partial charge in [-0.2, -0.15) is 5.26 Å². The highest BCUT2D eigenvalue weighted by Gasteiger charge is 2.19. The smallest absolute Gasteiger partial charge is 0.239 e. The quantitative estimate of drug-likeness (QED) is 0.822. The largest absolute Gasteiger partial charge is 0.340 e. The van der Waals surface area contributed by atoms with Crippen LogP contribution in [0.25, 0.3) is 0 Å². The molecule has 0 aliphatic carbocycles. The fourth-order valence-electron chi connectivity index (χ4n) is 1.74. The van der Waals surface area contributed by atoms with Crippen molar-refractivity contribution in [2.45, 2.75) is 26.8 Å². The second kappa shape index (κ2) is 6.15. The molecule has 0 aliphatic rings. The van der Waals surface area contributed by atoms with Gasteiger partial charge in [0, 0.05) is 13.6 Å². The van der Waals surface area contributed by atoms with Crippen molar-refractivity contribution < 1.29 is 9.18 Å². The van der Waals surface area contributed by atoms with Crippen LogP contribution >= 0.6 is 0 Å². The van der Waals surface area contributed by atoms with Crippen LogP contribution in [0.2, 0.25) is 0 Å². The molecule has 0 spiro atoms. The summed E-state index contributed by atoms with van der Waals surface area (Å²) < 4.78 is 13.1. The SMILES string of the molecule is CCC(C#N)C(=O)N(C)Cc1ccc(F)c(C)c1. The molecular formula is C14H17FN2O. The lowest BCUT2D eigenvalue weighted by atomic mass is 10.1. The maximum atomic E-state index is 13.1. The summed E-state index contributed by atoms with van der Waals surface area (Å²) in [5, 5.41) is 8.84. The molecule has 0 radical (unpaired) electrons. The Morgan fingerprint density at radius 2 is 2.22 bits per heavy atom. The van der Waals surface area contributed by atoms with Crippen molar-refractivity contribution >= 4 is 5.91 Å². The van der Waals surface area contributed by atoms with Gasteiger partial charge in [-0.05, 0) is 30.5 Å². The van der Waals surface area contributed by atoms with E-state index in [0.29, 0.717) is 18.5 Å². The van der Waals surface area contributed by atoms with Gasteiger partial charge in [-0.15, -0.1) is 0 Å². The predicted molar refractivity (Wildman–Crippen MR) is 67.0 cm³/mol. The van der Waals surface area contributed by atoms with Crippen LogP contribution < -0.4 is 0 Å². The zero-order chi connectivity index (χ0) is 13.7. The summed E-state index contributed by atoms with van der Waals surface area (Å²) in [5.74, 6) is -1.05. The van der Waals surface area contributed by atoms with Crippen LogP contribution in [0.4, 0.5) is 4.39 Å². The van der Waals surface area contributed by atoms with Gasteiger partial charge >= 0.3 is 0 Å². The highest BCUT2D eigenvalue weighted by atomic mass is 19.1. The zero-order valence-corrected chi connectivity index (χ0v) is 10.9. The highest BCUT2D eigenvalue weighted by molar-refractivity contribution is 5.80. The van der Waals surface area contributed by atoms with Crippen molar-refractivity contribution in [2.75, 3.05) is 7.05 Å². The van der Waals surface area contributed by atoms with Gasteiger partial charge in [0.15, 0.2) is 0 Å². The summed E-state index contributed by atoms with van der Waals surface area (Å²) in [7, 11) is 1.65. The molecule has 0 bridgehead atoms. The van der Waals surface area contributed by atoms with Gasteiger partial charge in [-0.1, -0.05) is 19.1 Å². The number of aryl methyl sites for hydroxylation is 1. The minimum absolute atomic E-state index is 0.193. The first kappa shape index (κ1) is 14.2. The molecule has 0 saturated heterocycles. The van der Waals surface area contributed by atoms with Crippen LogP contribution in [0.5, 0.6) is 0 Å². The lowest BCUT2D eigenvalue weighted by Gasteiger charge is -2.19. The molecule has 0 saturated carbocycles. The van der Waals surface area contributed by atoms with Gasteiger partial charge in [0.05, 0.1) is 6.07 Å². The molecule has 0 aliphatic heterocycles. The zero-order valence-electron chi connectivity index (χ0n) is 10.9. The molecule has 0 fully saturated rings. The molecule has 1 amide bonds. The van der Waals surface area contributed by atoms with Crippen LogP contribution in [0.15, 0.2) is 18.2 Å². The Hall–Kier alpha value is -1.89. The third-order valence-electron chi connectivity index (χ3n) is 2.88. The van der Waals surface area contributed by atoms with E-state index in [1.54, 1.807) is 26.1 Å². The summed E-state index contributed by atoms with van der Waals surface area (Å²) in [6.45, 7) is 3.88. The number of hydrogen-bond acceptors (Lipinski definition) is 2. The average molecular weight is 248 g/mol. The molecule has 1 aromatic rings. The maximum absolute atomic E-state index is 13.1. The summed E-state index contributed by atoms with van der Waals surface area (Å²) >= 11 is 0. The van der Waals surface area contributed by atoms with E-state index in [1.165, 1.54) is 11.0 Å². The molecule has 1 unspecified atom stereocenters. The second-order valence-electron chi connectivity index (χ2n) is 4.37. The third-order valence-corrected chi connectivity index (χ3v) is 2.88. The van der Waals surface area contributed by atoms with E-state index >= 15 is 0 Å². The maximum Gasteiger partial charge on any atom is 0.239 e. The van der Waals surface area contributed by atoms with Gasteiger partial charge in [0.1, 0.15) is 11.7 Å². The molecule has 18 heavy (non-hydrogen) atoms. The van der Waals surface area contributed by atoms with E-state index in [4.69, 9.17) is 5.26 Å². The summed E-state index contributed by atoms with van der Waals surface area (Å²) in [6.07, 6.45) is 0.502. The van der Waals surface area contributed by atoms with Crippen molar-refractivity contribution in [1.29, 1.82) is 5.26 Å². The van der Waals surface area contributed by atoms with Crippen LogP contribution in [-0.4, -0.2) is 17.9 Å². The van der Waals surface area contributed by atoms with Crippen molar-refractivity contribution in [3.8, 4) is 6.07 Å². The van der Waals surface area contributed by atoms with E-state index in [0.717, 1.165) is 5.56 Å². The Balaban J connectivity index is 2.75. The first-order chi connectivity index (χ1) is 8.49. The summed E-state index contributed by atoms with van der Waals surface area (Å²) in [4.78, 5) is 13.4. The van der Waals surface area contributed by atoms with Crippen molar-refractivity contribution in [2.24, 2.45) is 5.92 Å². The number of rotatable bonds is 4. The standard InChI is InChI=1S/C14H17FN2O/c1-4-12(8-16)14(18)17(3)9-11-5-6-13(15)10(2)7-11/h5-7,12H,4,9H2,1-3H3. The van der Waals surface area contributed by atoms with E-state index in [1.807, 2.05) is 13.0 Å². The molecule has 1 atom stereocenters. The van der Waals surface area contributed by atoms with Crippen LogP contribution in [-0.2, 0) is 11.3 Å². The first-order valence-corrected chi connectivity index (χ1v) is 5.89. The van der Waals surface area contributed by atoms with Crippen molar-refractivity contribution in [3.63, 3.8) is 0 Å². The van der Waals surface area contributed by atoms with Gasteiger partial charge in [-0.25, -0.2) is 4.39 Å². The van der Waals surface area contributed by atoms with E-state index in [2.05, 4.69) is 0 Å². The van der Waals surface area contributed by atoms with Gasteiger partial charge < -0.3 is 4.90 Å². The number of carbonyl (C=O) groups is 1. The molecule has 0 heterocycles. The number of carbonyl (C=O) groups excluding carboxylic acids is 1. The van der Waals surface area contributed by atoms with Crippen LogP contribution in [0.3, 0.4) is 0 Å². The van der Waals surface area contributed by atoms with Crippen LogP contribution in [0.1, 0.15) is 24.5 Å². The van der Waals surface area contributed by atoms with E-state index in [9.17, 15) is 9.18 Å². The second-order valence-corrected chi connectivity index (χ2v) is 4.37. The number of amides is 1. The number of hydrogen-bond donors (Lipinski definition) is 0. The first-order valence-electron chi connectivity index (χ1n) is 5.89. The Morgan fingerprint density at radius 1 is 1.56 bits per heavy atom. The highest BCUT2D eigenvalue weighted by Crippen LogP contribution is 2.13. The molecule has 1 rings (SSSR count). The van der Waals surface area contributed by atoms with E-state index in [-0.39, 0.29) is 11.7 Å². The van der Waals surface area contributed by atoms with Gasteiger partial charge in [-0.3, -0.25) is 4.79 Å². The Bertz CT molecular complexity index is 479.